The third kappa shape index (κ3) is 1.94. The second kappa shape index (κ2) is 4.56. The summed E-state index contributed by atoms with van der Waals surface area (Å²) in [5.41, 5.74) is 8.47. The van der Waals surface area contributed by atoms with E-state index in [0.29, 0.717) is 11.3 Å². The lowest BCUT2D eigenvalue weighted by molar-refractivity contribution is 0.626. The largest absolute Gasteiger partial charge is 0.396 e. The van der Waals surface area contributed by atoms with E-state index in [-0.39, 0.29) is 6.04 Å². The zero-order valence-corrected chi connectivity index (χ0v) is 11.4. The molecule has 4 nitrogen and oxygen atoms in total. The van der Waals surface area contributed by atoms with Crippen LogP contribution in [0.5, 0.6) is 0 Å². The predicted molar refractivity (Wildman–Crippen MR) is 77.1 cm³/mol. The molecule has 2 N–H and O–H groups in total. The van der Waals surface area contributed by atoms with Gasteiger partial charge >= 0.3 is 0 Å². The molecule has 3 heterocycles. The Hall–Kier alpha value is -2.06. The second-order valence-electron chi connectivity index (χ2n) is 4.67. The Morgan fingerprint density at radius 1 is 1.58 bits per heavy atom. The third-order valence-electron chi connectivity index (χ3n) is 3.57. The van der Waals surface area contributed by atoms with E-state index in [1.165, 1.54) is 10.4 Å². The number of anilines is 2. The van der Waals surface area contributed by atoms with E-state index in [9.17, 15) is 0 Å². The van der Waals surface area contributed by atoms with Crippen LogP contribution in [0.15, 0.2) is 23.7 Å². The van der Waals surface area contributed by atoms with E-state index in [1.54, 1.807) is 12.3 Å². The van der Waals surface area contributed by atoms with Crippen molar-refractivity contribution in [1.82, 2.24) is 4.98 Å². The fourth-order valence-corrected chi connectivity index (χ4v) is 3.54. The summed E-state index contributed by atoms with van der Waals surface area (Å²) >= 11 is 1.82. The number of pyridine rings is 1. The van der Waals surface area contributed by atoms with Crippen molar-refractivity contribution in [3.05, 3.63) is 39.7 Å². The first-order chi connectivity index (χ1) is 9.20. The fourth-order valence-electron chi connectivity index (χ4n) is 2.57. The van der Waals surface area contributed by atoms with Gasteiger partial charge in [-0.15, -0.1) is 11.3 Å². The summed E-state index contributed by atoms with van der Waals surface area (Å²) in [4.78, 5) is 8.03. The van der Waals surface area contributed by atoms with Crippen LogP contribution in [-0.4, -0.2) is 11.5 Å². The van der Waals surface area contributed by atoms with Crippen LogP contribution in [0, 0.1) is 11.3 Å². The minimum atomic E-state index is 0.276. The van der Waals surface area contributed by atoms with Gasteiger partial charge in [0.25, 0.3) is 0 Å². The molecule has 1 unspecified atom stereocenters. The second-order valence-corrected chi connectivity index (χ2v) is 5.67. The number of nitrogen functional groups attached to an aromatic ring is 1. The molecule has 3 rings (SSSR count). The molecule has 1 aliphatic heterocycles. The molecule has 0 amide bonds. The van der Waals surface area contributed by atoms with Crippen molar-refractivity contribution < 1.29 is 0 Å². The zero-order chi connectivity index (χ0) is 13.4. The molecular weight excluding hydrogens is 256 g/mol. The summed E-state index contributed by atoms with van der Waals surface area (Å²) in [6.07, 6.45) is 2.61. The molecule has 0 saturated heterocycles. The quantitative estimate of drug-likeness (QED) is 0.865. The van der Waals surface area contributed by atoms with Gasteiger partial charge in [-0.1, -0.05) is 0 Å². The van der Waals surface area contributed by atoms with Gasteiger partial charge in [-0.25, -0.2) is 4.98 Å². The lowest BCUT2D eigenvalue weighted by Crippen LogP contribution is -2.34. The Kier molecular flexibility index (Phi) is 2.88. The van der Waals surface area contributed by atoms with Crippen molar-refractivity contribution in [3.63, 3.8) is 0 Å². The smallest absolute Gasteiger partial charge is 0.152 e. The Bertz CT molecular complexity index is 656. The molecule has 0 aromatic carbocycles. The molecule has 1 aliphatic rings. The molecule has 1 atom stereocenters. The third-order valence-corrected chi connectivity index (χ3v) is 4.57. The number of nitrogens with two attached hydrogens (primary N) is 1. The molecule has 0 bridgehead atoms. The molecule has 19 heavy (non-hydrogen) atoms. The average molecular weight is 270 g/mol. The van der Waals surface area contributed by atoms with Crippen LogP contribution < -0.4 is 10.6 Å². The summed E-state index contributed by atoms with van der Waals surface area (Å²) in [5, 5.41) is 11.0. The topological polar surface area (TPSA) is 65.9 Å². The molecule has 0 aliphatic carbocycles. The molecule has 0 saturated carbocycles. The Balaban J connectivity index is 1.98. The lowest BCUT2D eigenvalue weighted by Gasteiger charge is -2.35. The summed E-state index contributed by atoms with van der Waals surface area (Å²) < 4.78 is 0. The molecule has 0 fully saturated rings. The van der Waals surface area contributed by atoms with Gasteiger partial charge in [0, 0.05) is 17.6 Å². The monoisotopic (exact) mass is 270 g/mol. The zero-order valence-electron chi connectivity index (χ0n) is 10.6. The number of nitriles is 1. The number of thiophene rings is 1. The summed E-state index contributed by atoms with van der Waals surface area (Å²) in [5.74, 6) is 0.781. The maximum atomic E-state index is 8.86. The maximum absolute atomic E-state index is 8.86. The first-order valence-electron chi connectivity index (χ1n) is 6.19. The van der Waals surface area contributed by atoms with Gasteiger partial charge in [-0.2, -0.15) is 5.26 Å². The van der Waals surface area contributed by atoms with Crippen LogP contribution in [0.4, 0.5) is 11.5 Å². The van der Waals surface area contributed by atoms with Crippen molar-refractivity contribution in [3.8, 4) is 6.07 Å². The van der Waals surface area contributed by atoms with Crippen LogP contribution >= 0.6 is 11.3 Å². The van der Waals surface area contributed by atoms with Gasteiger partial charge in [0.05, 0.1) is 17.3 Å². The van der Waals surface area contributed by atoms with E-state index in [1.807, 2.05) is 11.3 Å². The van der Waals surface area contributed by atoms with E-state index in [0.717, 1.165) is 18.8 Å². The van der Waals surface area contributed by atoms with Crippen molar-refractivity contribution in [1.29, 1.82) is 5.26 Å². The van der Waals surface area contributed by atoms with Crippen LogP contribution in [0.3, 0.4) is 0 Å². The van der Waals surface area contributed by atoms with Gasteiger partial charge < -0.3 is 10.6 Å². The number of rotatable bonds is 1. The minimum Gasteiger partial charge on any atom is -0.396 e. The van der Waals surface area contributed by atoms with Crippen LogP contribution in [0.2, 0.25) is 0 Å². The molecular formula is C14H14N4S. The summed E-state index contributed by atoms with van der Waals surface area (Å²) in [6.45, 7) is 3.09. The normalized spacial score (nSPS) is 17.9. The molecule has 0 radical (unpaired) electrons. The predicted octanol–water partition coefficient (Wildman–Crippen LogP) is 2.72. The van der Waals surface area contributed by atoms with Gasteiger partial charge in [-0.05, 0) is 36.4 Å². The SMILES string of the molecule is CC1c2ccsc2CCN1c1ncc(C#N)cc1N. The van der Waals surface area contributed by atoms with Crippen molar-refractivity contribution in [2.24, 2.45) is 0 Å². The summed E-state index contributed by atoms with van der Waals surface area (Å²) in [7, 11) is 0. The highest BCUT2D eigenvalue weighted by Crippen LogP contribution is 2.37. The highest BCUT2D eigenvalue weighted by Gasteiger charge is 2.26. The van der Waals surface area contributed by atoms with Crippen molar-refractivity contribution in [2.45, 2.75) is 19.4 Å². The Morgan fingerprint density at radius 3 is 3.16 bits per heavy atom. The van der Waals surface area contributed by atoms with Crippen molar-refractivity contribution >= 4 is 22.8 Å². The van der Waals surface area contributed by atoms with Gasteiger partial charge in [0.1, 0.15) is 6.07 Å². The molecule has 96 valence electrons. The minimum absolute atomic E-state index is 0.276. The van der Waals surface area contributed by atoms with Crippen LogP contribution in [0.25, 0.3) is 0 Å². The van der Waals surface area contributed by atoms with E-state index in [4.69, 9.17) is 11.0 Å². The first kappa shape index (κ1) is 12.0. The number of hydrogen-bond donors (Lipinski definition) is 1. The fraction of sp³-hybridized carbons (Fsp3) is 0.286. The lowest BCUT2D eigenvalue weighted by atomic mass is 10.0. The molecule has 2 aromatic heterocycles. The number of nitrogens with zero attached hydrogens (tertiary/aromatic N) is 3. The highest BCUT2D eigenvalue weighted by molar-refractivity contribution is 7.10. The first-order valence-corrected chi connectivity index (χ1v) is 7.07. The highest BCUT2D eigenvalue weighted by atomic mass is 32.1. The van der Waals surface area contributed by atoms with Gasteiger partial charge in [0.2, 0.25) is 0 Å². The Morgan fingerprint density at radius 2 is 2.42 bits per heavy atom. The number of hydrogen-bond acceptors (Lipinski definition) is 5. The van der Waals surface area contributed by atoms with E-state index in [2.05, 4.69) is 34.3 Å². The maximum Gasteiger partial charge on any atom is 0.152 e. The standard InChI is InChI=1S/C14H14N4S/c1-9-11-3-5-19-13(11)2-4-18(9)14-12(16)6-10(7-15)8-17-14/h3,5-6,8-9H,2,4,16H2,1H3. The van der Waals surface area contributed by atoms with Crippen LogP contribution in [-0.2, 0) is 6.42 Å². The molecule has 2 aromatic rings. The number of aromatic nitrogens is 1. The van der Waals surface area contributed by atoms with Gasteiger partial charge in [-0.3, -0.25) is 0 Å². The summed E-state index contributed by atoms with van der Waals surface area (Å²) in [6, 6.07) is 6.21. The average Bonchev–Trinajstić information content (AvgIpc) is 2.89. The Labute approximate surface area is 116 Å². The van der Waals surface area contributed by atoms with Crippen LogP contribution in [0.1, 0.15) is 29.0 Å². The number of fused-ring (bicyclic) bond motifs is 1. The van der Waals surface area contributed by atoms with Crippen molar-refractivity contribution in [2.75, 3.05) is 17.2 Å². The molecule has 5 heteroatoms. The molecule has 0 spiro atoms. The van der Waals surface area contributed by atoms with Gasteiger partial charge in [0.15, 0.2) is 5.82 Å². The van der Waals surface area contributed by atoms with E-state index < -0.39 is 0 Å². The van der Waals surface area contributed by atoms with E-state index >= 15 is 0 Å².